The van der Waals surface area contributed by atoms with Crippen molar-refractivity contribution >= 4 is 17.6 Å². The molecule has 1 heterocycles. The Morgan fingerprint density at radius 3 is 2.41 bits per heavy atom. The van der Waals surface area contributed by atoms with Gasteiger partial charge in [-0.25, -0.2) is 4.79 Å². The molecule has 1 atom stereocenters. The van der Waals surface area contributed by atoms with Gasteiger partial charge in [-0.1, -0.05) is 42.5 Å². The van der Waals surface area contributed by atoms with Crippen LogP contribution in [0.1, 0.15) is 33.3 Å². The van der Waals surface area contributed by atoms with Crippen LogP contribution in [-0.2, 0) is 16.6 Å². The molecule has 5 nitrogen and oxygen atoms in total. The second-order valence-electron chi connectivity index (χ2n) is 6.51. The van der Waals surface area contributed by atoms with Gasteiger partial charge in [-0.05, 0) is 43.2 Å². The van der Waals surface area contributed by atoms with Gasteiger partial charge in [-0.3, -0.25) is 4.79 Å². The highest BCUT2D eigenvalue weighted by Crippen LogP contribution is 2.23. The summed E-state index contributed by atoms with van der Waals surface area (Å²) in [5.41, 5.74) is 3.68. The smallest absolute Gasteiger partial charge is 0.356 e. The lowest BCUT2D eigenvalue weighted by Crippen LogP contribution is -2.26. The van der Waals surface area contributed by atoms with E-state index in [1.807, 2.05) is 50.2 Å². The largest absolute Gasteiger partial charge is 0.443 e. The first-order valence-electron chi connectivity index (χ1n) is 8.71. The first-order valence-corrected chi connectivity index (χ1v) is 8.71. The van der Waals surface area contributed by atoms with Crippen LogP contribution < -0.4 is 5.32 Å². The second-order valence-corrected chi connectivity index (χ2v) is 6.51. The third-order valence-corrected chi connectivity index (χ3v) is 4.37. The molecular formula is C22H22N2O3. The minimum absolute atomic E-state index is 0.385. The first kappa shape index (κ1) is 18.5. The van der Waals surface area contributed by atoms with Crippen molar-refractivity contribution < 1.29 is 14.3 Å². The van der Waals surface area contributed by atoms with E-state index >= 15 is 0 Å². The number of aromatic nitrogens is 1. The van der Waals surface area contributed by atoms with Crippen LogP contribution in [0.4, 0.5) is 5.69 Å². The highest BCUT2D eigenvalue weighted by molar-refractivity contribution is 5.98. The van der Waals surface area contributed by atoms with E-state index in [4.69, 9.17) is 4.74 Å². The molecule has 0 fully saturated rings. The molecule has 0 saturated heterocycles. The van der Waals surface area contributed by atoms with Gasteiger partial charge in [0.05, 0.1) is 0 Å². The van der Waals surface area contributed by atoms with Gasteiger partial charge < -0.3 is 14.6 Å². The van der Waals surface area contributed by atoms with Crippen molar-refractivity contribution in [2.24, 2.45) is 7.05 Å². The molecule has 1 aromatic heterocycles. The SMILES string of the molecule is Cc1ccc(C)c(NC(=O)[C@@H](OC(=O)c2cccn2C)c2ccccc2)c1. The van der Waals surface area contributed by atoms with E-state index in [9.17, 15) is 9.59 Å². The summed E-state index contributed by atoms with van der Waals surface area (Å²) in [5.74, 6) is -0.940. The van der Waals surface area contributed by atoms with Crippen LogP contribution in [0, 0.1) is 13.8 Å². The minimum atomic E-state index is -1.05. The van der Waals surface area contributed by atoms with Crippen molar-refractivity contribution in [2.75, 3.05) is 5.32 Å². The maximum atomic E-state index is 13.0. The summed E-state index contributed by atoms with van der Waals surface area (Å²) in [4.78, 5) is 25.5. The minimum Gasteiger partial charge on any atom is -0.443 e. The Kier molecular flexibility index (Phi) is 5.41. The summed E-state index contributed by atoms with van der Waals surface area (Å²) < 4.78 is 7.25. The number of rotatable bonds is 5. The number of hydrogen-bond acceptors (Lipinski definition) is 3. The van der Waals surface area contributed by atoms with Gasteiger partial charge >= 0.3 is 5.97 Å². The number of carbonyl (C=O) groups is 2. The fraction of sp³-hybridized carbons (Fsp3) is 0.182. The molecule has 2 aromatic carbocycles. The average Bonchev–Trinajstić information content (AvgIpc) is 3.09. The molecule has 0 unspecified atom stereocenters. The molecule has 3 aromatic rings. The number of amides is 1. The van der Waals surface area contributed by atoms with E-state index in [1.165, 1.54) is 0 Å². The predicted molar refractivity (Wildman–Crippen MR) is 105 cm³/mol. The van der Waals surface area contributed by atoms with Crippen molar-refractivity contribution in [3.05, 3.63) is 89.2 Å². The Labute approximate surface area is 158 Å². The number of anilines is 1. The van der Waals surface area contributed by atoms with Crippen LogP contribution in [0.25, 0.3) is 0 Å². The zero-order valence-electron chi connectivity index (χ0n) is 15.6. The van der Waals surface area contributed by atoms with Crippen LogP contribution in [0.3, 0.4) is 0 Å². The van der Waals surface area contributed by atoms with Gasteiger partial charge in [0.15, 0.2) is 0 Å². The van der Waals surface area contributed by atoms with E-state index in [2.05, 4.69) is 5.32 Å². The molecule has 0 spiro atoms. The Morgan fingerprint density at radius 2 is 1.74 bits per heavy atom. The summed E-state index contributed by atoms with van der Waals surface area (Å²) >= 11 is 0. The third-order valence-electron chi connectivity index (χ3n) is 4.37. The summed E-state index contributed by atoms with van der Waals surface area (Å²) in [6.07, 6.45) is 0.707. The highest BCUT2D eigenvalue weighted by Gasteiger charge is 2.27. The summed E-state index contributed by atoms with van der Waals surface area (Å²) in [7, 11) is 1.75. The quantitative estimate of drug-likeness (QED) is 0.693. The maximum Gasteiger partial charge on any atom is 0.356 e. The summed E-state index contributed by atoms with van der Waals surface area (Å²) in [6.45, 7) is 3.88. The van der Waals surface area contributed by atoms with E-state index < -0.39 is 18.0 Å². The van der Waals surface area contributed by atoms with Gasteiger partial charge in [0.1, 0.15) is 5.69 Å². The molecular weight excluding hydrogens is 340 g/mol. The average molecular weight is 362 g/mol. The Morgan fingerprint density at radius 1 is 1.00 bits per heavy atom. The molecule has 27 heavy (non-hydrogen) atoms. The van der Waals surface area contributed by atoms with Crippen molar-refractivity contribution in [3.63, 3.8) is 0 Å². The van der Waals surface area contributed by atoms with Crippen molar-refractivity contribution in [3.8, 4) is 0 Å². The number of esters is 1. The van der Waals surface area contributed by atoms with Crippen LogP contribution in [0.15, 0.2) is 66.9 Å². The fourth-order valence-electron chi connectivity index (χ4n) is 2.81. The van der Waals surface area contributed by atoms with E-state index in [0.717, 1.165) is 11.1 Å². The van der Waals surface area contributed by atoms with Gasteiger partial charge in [0.2, 0.25) is 6.10 Å². The number of carbonyl (C=O) groups excluding carboxylic acids is 2. The van der Waals surface area contributed by atoms with Crippen molar-refractivity contribution in [1.29, 1.82) is 0 Å². The Balaban J connectivity index is 1.88. The lowest BCUT2D eigenvalue weighted by molar-refractivity contribution is -0.125. The number of benzene rings is 2. The molecule has 0 saturated carbocycles. The third kappa shape index (κ3) is 4.26. The molecule has 1 N–H and O–H groups in total. The number of aryl methyl sites for hydroxylation is 3. The fourth-order valence-corrected chi connectivity index (χ4v) is 2.81. The maximum absolute atomic E-state index is 13.0. The molecule has 1 amide bonds. The molecule has 0 bridgehead atoms. The normalized spacial score (nSPS) is 11.7. The lowest BCUT2D eigenvalue weighted by Gasteiger charge is -2.19. The molecule has 5 heteroatoms. The standard InChI is InChI=1S/C22H22N2O3/c1-15-11-12-16(2)18(14-15)23-21(25)20(17-8-5-4-6-9-17)27-22(26)19-10-7-13-24(19)3/h4-14,20H,1-3H3,(H,23,25)/t20-/m0/s1. The Hall–Kier alpha value is -3.34. The van der Waals surface area contributed by atoms with Crippen LogP contribution in [0.5, 0.6) is 0 Å². The first-order chi connectivity index (χ1) is 13.0. The van der Waals surface area contributed by atoms with Crippen molar-refractivity contribution in [1.82, 2.24) is 4.57 Å². The number of nitrogens with one attached hydrogen (secondary N) is 1. The number of nitrogens with zero attached hydrogens (tertiary/aromatic N) is 1. The van der Waals surface area contributed by atoms with Crippen LogP contribution >= 0.6 is 0 Å². The Bertz CT molecular complexity index is 961. The van der Waals surface area contributed by atoms with Gasteiger partial charge in [-0.15, -0.1) is 0 Å². The molecule has 0 aliphatic carbocycles. The monoisotopic (exact) mass is 362 g/mol. The second kappa shape index (κ2) is 7.91. The number of hydrogen-bond donors (Lipinski definition) is 1. The topological polar surface area (TPSA) is 60.3 Å². The molecule has 3 rings (SSSR count). The van der Waals surface area contributed by atoms with Gasteiger partial charge in [0.25, 0.3) is 5.91 Å². The lowest BCUT2D eigenvalue weighted by atomic mass is 10.1. The van der Waals surface area contributed by atoms with Crippen LogP contribution in [-0.4, -0.2) is 16.4 Å². The van der Waals surface area contributed by atoms with E-state index in [-0.39, 0.29) is 0 Å². The number of ether oxygens (including phenoxy) is 1. The zero-order chi connectivity index (χ0) is 19.4. The van der Waals surface area contributed by atoms with Gasteiger partial charge in [0, 0.05) is 24.5 Å². The molecule has 0 radical (unpaired) electrons. The van der Waals surface area contributed by atoms with Crippen LogP contribution in [0.2, 0.25) is 0 Å². The highest BCUT2D eigenvalue weighted by atomic mass is 16.5. The molecule has 0 aliphatic heterocycles. The zero-order valence-corrected chi connectivity index (χ0v) is 15.6. The summed E-state index contributed by atoms with van der Waals surface area (Å²) in [5, 5.41) is 2.89. The van der Waals surface area contributed by atoms with Crippen molar-refractivity contribution in [2.45, 2.75) is 20.0 Å². The van der Waals surface area contributed by atoms with E-state index in [0.29, 0.717) is 16.9 Å². The molecule has 0 aliphatic rings. The van der Waals surface area contributed by atoms with E-state index in [1.54, 1.807) is 42.1 Å². The summed E-state index contributed by atoms with van der Waals surface area (Å²) in [6, 6.07) is 18.2. The molecule has 138 valence electrons. The van der Waals surface area contributed by atoms with Gasteiger partial charge in [-0.2, -0.15) is 0 Å². The predicted octanol–water partition coefficient (Wildman–Crippen LogP) is 4.18.